The number of amides is 2. The molecule has 3 rings (SSSR count). The Morgan fingerprint density at radius 3 is 2.25 bits per heavy atom. The molecule has 0 atom stereocenters. The number of anilines is 2. The number of methoxy groups -OCH3 is 1. The van der Waals surface area contributed by atoms with Crippen LogP contribution in [0.5, 0.6) is 5.75 Å². The maximum atomic E-state index is 13.3. The molecule has 0 unspecified atom stereocenters. The Kier molecular flexibility index (Phi) is 6.90. The van der Waals surface area contributed by atoms with Crippen LogP contribution in [0.25, 0.3) is 0 Å². The van der Waals surface area contributed by atoms with Crippen LogP contribution in [0.4, 0.5) is 11.4 Å². The van der Waals surface area contributed by atoms with Crippen molar-refractivity contribution in [2.24, 2.45) is 0 Å². The fourth-order valence-corrected chi connectivity index (χ4v) is 3.13. The zero-order valence-electron chi connectivity index (χ0n) is 18.1. The minimum atomic E-state index is -1.05. The summed E-state index contributed by atoms with van der Waals surface area (Å²) in [7, 11) is 1.52. The third-order valence-electron chi connectivity index (χ3n) is 5.08. The summed E-state index contributed by atoms with van der Waals surface area (Å²) >= 11 is 0. The third kappa shape index (κ3) is 5.31. The molecule has 0 saturated heterocycles. The molecule has 32 heavy (non-hydrogen) atoms. The lowest BCUT2D eigenvalue weighted by molar-refractivity contribution is -0.114. The van der Waals surface area contributed by atoms with Crippen LogP contribution < -0.4 is 15.0 Å². The highest BCUT2D eigenvalue weighted by Crippen LogP contribution is 2.23. The molecule has 0 aliphatic rings. The summed E-state index contributed by atoms with van der Waals surface area (Å²) in [6.45, 7) is 3.69. The maximum absolute atomic E-state index is 13.3. The Hall–Kier alpha value is -4.13. The molecule has 0 saturated carbocycles. The largest absolute Gasteiger partial charge is 0.497 e. The zero-order valence-corrected chi connectivity index (χ0v) is 18.1. The zero-order chi connectivity index (χ0) is 23.3. The average molecular weight is 432 g/mol. The summed E-state index contributed by atoms with van der Waals surface area (Å²) in [4.78, 5) is 38.5. The second-order valence-corrected chi connectivity index (χ2v) is 7.32. The van der Waals surface area contributed by atoms with Gasteiger partial charge in [0.25, 0.3) is 5.91 Å². The van der Waals surface area contributed by atoms with Gasteiger partial charge in [-0.15, -0.1) is 0 Å². The van der Waals surface area contributed by atoms with Crippen LogP contribution in [-0.2, 0) is 4.79 Å². The number of carbonyl (C=O) groups is 3. The van der Waals surface area contributed by atoms with Gasteiger partial charge in [-0.05, 0) is 79.6 Å². The monoisotopic (exact) mass is 432 g/mol. The number of rotatable bonds is 7. The van der Waals surface area contributed by atoms with Crippen molar-refractivity contribution in [3.8, 4) is 5.75 Å². The summed E-state index contributed by atoms with van der Waals surface area (Å²) in [6, 6.07) is 18.1. The van der Waals surface area contributed by atoms with Crippen LogP contribution in [0.1, 0.15) is 31.8 Å². The number of ether oxygens (including phenoxy) is 1. The molecule has 3 aromatic rings. The number of hydrogen-bond acceptors (Lipinski definition) is 4. The van der Waals surface area contributed by atoms with E-state index in [-0.39, 0.29) is 18.0 Å². The molecule has 7 nitrogen and oxygen atoms in total. The van der Waals surface area contributed by atoms with Gasteiger partial charge in [0.05, 0.1) is 12.7 Å². The van der Waals surface area contributed by atoms with Crippen molar-refractivity contribution in [3.05, 3.63) is 89.0 Å². The van der Waals surface area contributed by atoms with Crippen LogP contribution in [0.3, 0.4) is 0 Å². The van der Waals surface area contributed by atoms with Crippen molar-refractivity contribution in [2.75, 3.05) is 23.9 Å². The summed E-state index contributed by atoms with van der Waals surface area (Å²) in [5, 5.41) is 11.7. The van der Waals surface area contributed by atoms with Crippen LogP contribution in [-0.4, -0.2) is 36.5 Å². The molecule has 164 valence electrons. The SMILES string of the molecule is COc1cccc(C(=O)N(CC(=O)Nc2ccc(C(=O)O)cc2)c2ccc(C)c(C)c2)c1. The topological polar surface area (TPSA) is 95.9 Å². The number of benzene rings is 3. The predicted molar refractivity (Wildman–Crippen MR) is 123 cm³/mol. The molecule has 0 aliphatic heterocycles. The van der Waals surface area contributed by atoms with Gasteiger partial charge in [0.1, 0.15) is 12.3 Å². The van der Waals surface area contributed by atoms with E-state index in [2.05, 4.69) is 5.32 Å². The van der Waals surface area contributed by atoms with E-state index in [1.165, 1.54) is 36.3 Å². The highest BCUT2D eigenvalue weighted by molar-refractivity contribution is 6.10. The van der Waals surface area contributed by atoms with Crippen LogP contribution in [0, 0.1) is 13.8 Å². The summed E-state index contributed by atoms with van der Waals surface area (Å²) in [5.74, 6) is -1.27. The van der Waals surface area contributed by atoms with Gasteiger partial charge in [0.15, 0.2) is 0 Å². The minimum absolute atomic E-state index is 0.118. The lowest BCUT2D eigenvalue weighted by Gasteiger charge is -2.23. The molecule has 0 bridgehead atoms. The fourth-order valence-electron chi connectivity index (χ4n) is 3.13. The quantitative estimate of drug-likeness (QED) is 0.580. The van der Waals surface area contributed by atoms with E-state index >= 15 is 0 Å². The van der Waals surface area contributed by atoms with Crippen molar-refractivity contribution in [3.63, 3.8) is 0 Å². The molecule has 0 aromatic heterocycles. The van der Waals surface area contributed by atoms with E-state index in [0.29, 0.717) is 22.7 Å². The standard InChI is InChI=1S/C25H24N2O5/c1-16-7-12-21(13-17(16)2)27(24(29)19-5-4-6-22(14-19)32-3)15-23(28)26-20-10-8-18(9-11-20)25(30)31/h4-14H,15H2,1-3H3,(H,26,28)(H,30,31). The Balaban J connectivity index is 1.87. The molecular weight excluding hydrogens is 408 g/mol. The summed E-state index contributed by atoms with van der Waals surface area (Å²) in [6.07, 6.45) is 0. The number of carboxylic acid groups (broad SMARTS) is 1. The van der Waals surface area contributed by atoms with E-state index in [1.807, 2.05) is 26.0 Å². The highest BCUT2D eigenvalue weighted by Gasteiger charge is 2.22. The molecule has 0 heterocycles. The van der Waals surface area contributed by atoms with Crippen molar-refractivity contribution >= 4 is 29.2 Å². The van der Waals surface area contributed by atoms with E-state index < -0.39 is 11.9 Å². The molecule has 0 fully saturated rings. The molecule has 3 aromatic carbocycles. The van der Waals surface area contributed by atoms with E-state index in [0.717, 1.165) is 11.1 Å². The van der Waals surface area contributed by atoms with E-state index in [4.69, 9.17) is 9.84 Å². The van der Waals surface area contributed by atoms with Crippen molar-refractivity contribution < 1.29 is 24.2 Å². The summed E-state index contributed by atoms with van der Waals surface area (Å²) in [5.41, 5.74) is 3.61. The molecule has 7 heteroatoms. The number of nitrogens with zero attached hydrogens (tertiary/aromatic N) is 1. The number of nitrogens with one attached hydrogen (secondary N) is 1. The molecule has 0 radical (unpaired) electrons. The molecule has 2 amide bonds. The van der Waals surface area contributed by atoms with Gasteiger partial charge in [-0.25, -0.2) is 4.79 Å². The molecular formula is C25H24N2O5. The van der Waals surface area contributed by atoms with Gasteiger partial charge >= 0.3 is 5.97 Å². The number of carbonyl (C=O) groups excluding carboxylic acids is 2. The Labute approximate surface area is 186 Å². The predicted octanol–water partition coefficient (Wildman–Crippen LogP) is 4.30. The highest BCUT2D eigenvalue weighted by atomic mass is 16.5. The van der Waals surface area contributed by atoms with Gasteiger partial charge in [-0.1, -0.05) is 12.1 Å². The van der Waals surface area contributed by atoms with Gasteiger partial charge < -0.3 is 15.2 Å². The number of carboxylic acids is 1. The fraction of sp³-hybridized carbons (Fsp3) is 0.160. The third-order valence-corrected chi connectivity index (χ3v) is 5.08. The second-order valence-electron chi connectivity index (χ2n) is 7.32. The summed E-state index contributed by atoms with van der Waals surface area (Å²) < 4.78 is 5.22. The van der Waals surface area contributed by atoms with Gasteiger partial charge in [-0.3, -0.25) is 14.5 Å². The van der Waals surface area contributed by atoms with Gasteiger partial charge in [0, 0.05) is 16.9 Å². The first-order valence-corrected chi connectivity index (χ1v) is 9.95. The van der Waals surface area contributed by atoms with Crippen LogP contribution in [0.15, 0.2) is 66.7 Å². The molecule has 0 spiro atoms. The average Bonchev–Trinajstić information content (AvgIpc) is 2.79. The minimum Gasteiger partial charge on any atom is -0.497 e. The van der Waals surface area contributed by atoms with Gasteiger partial charge in [-0.2, -0.15) is 0 Å². The maximum Gasteiger partial charge on any atom is 0.335 e. The normalized spacial score (nSPS) is 10.3. The first kappa shape index (κ1) is 22.6. The van der Waals surface area contributed by atoms with E-state index in [9.17, 15) is 14.4 Å². The molecule has 0 aliphatic carbocycles. The lowest BCUT2D eigenvalue weighted by atomic mass is 10.1. The van der Waals surface area contributed by atoms with Crippen molar-refractivity contribution in [1.82, 2.24) is 0 Å². The Morgan fingerprint density at radius 2 is 1.62 bits per heavy atom. The van der Waals surface area contributed by atoms with Crippen molar-refractivity contribution in [1.29, 1.82) is 0 Å². The first-order valence-electron chi connectivity index (χ1n) is 9.95. The number of hydrogen-bond donors (Lipinski definition) is 2. The van der Waals surface area contributed by atoms with Gasteiger partial charge in [0.2, 0.25) is 5.91 Å². The second kappa shape index (κ2) is 9.78. The lowest BCUT2D eigenvalue weighted by Crippen LogP contribution is -2.38. The number of aromatic carboxylic acids is 1. The smallest absolute Gasteiger partial charge is 0.335 e. The van der Waals surface area contributed by atoms with Crippen molar-refractivity contribution in [2.45, 2.75) is 13.8 Å². The molecule has 2 N–H and O–H groups in total. The van der Waals surface area contributed by atoms with Crippen LogP contribution in [0.2, 0.25) is 0 Å². The first-order chi connectivity index (χ1) is 15.3. The Bertz CT molecular complexity index is 1160. The van der Waals surface area contributed by atoms with Crippen LogP contribution >= 0.6 is 0 Å². The van der Waals surface area contributed by atoms with E-state index in [1.54, 1.807) is 30.3 Å². The number of aryl methyl sites for hydroxylation is 2. The Morgan fingerprint density at radius 1 is 0.906 bits per heavy atom.